The summed E-state index contributed by atoms with van der Waals surface area (Å²) < 4.78 is 0. The lowest BCUT2D eigenvalue weighted by molar-refractivity contribution is 0.726. The molecule has 4 heteroatoms. The molecule has 1 aromatic rings. The lowest BCUT2D eigenvalue weighted by Crippen LogP contribution is -2.25. The van der Waals surface area contributed by atoms with Crippen molar-refractivity contribution in [1.82, 2.24) is 9.97 Å². The van der Waals surface area contributed by atoms with E-state index in [1.807, 2.05) is 0 Å². The molecule has 1 aromatic heterocycles. The lowest BCUT2D eigenvalue weighted by atomic mass is 10.2. The van der Waals surface area contributed by atoms with Crippen LogP contribution in [0.25, 0.3) is 0 Å². The van der Waals surface area contributed by atoms with E-state index in [0.29, 0.717) is 5.82 Å². The number of aromatic nitrogens is 2. The molecule has 14 heavy (non-hydrogen) atoms. The molecular formula is C10H16N4. The van der Waals surface area contributed by atoms with Gasteiger partial charge in [-0.25, -0.2) is 9.97 Å². The molecule has 2 heterocycles. The van der Waals surface area contributed by atoms with Gasteiger partial charge >= 0.3 is 0 Å². The molecule has 0 bridgehead atoms. The molecule has 4 nitrogen and oxygen atoms in total. The van der Waals surface area contributed by atoms with E-state index >= 15 is 0 Å². The average molecular weight is 192 g/mol. The van der Waals surface area contributed by atoms with Gasteiger partial charge in [-0.1, -0.05) is 12.8 Å². The first-order chi connectivity index (χ1) is 6.86. The predicted octanol–water partition coefficient (Wildman–Crippen LogP) is 1.44. The summed E-state index contributed by atoms with van der Waals surface area (Å²) in [5, 5.41) is 0. The summed E-state index contributed by atoms with van der Waals surface area (Å²) in [6.45, 7) is 2.19. The summed E-state index contributed by atoms with van der Waals surface area (Å²) in [4.78, 5) is 10.6. The minimum Gasteiger partial charge on any atom is -0.382 e. The Morgan fingerprint density at radius 1 is 1.00 bits per heavy atom. The van der Waals surface area contributed by atoms with Crippen molar-refractivity contribution in [3.63, 3.8) is 0 Å². The third-order valence-corrected chi connectivity index (χ3v) is 2.59. The molecule has 0 amide bonds. The van der Waals surface area contributed by atoms with E-state index in [4.69, 9.17) is 5.73 Å². The van der Waals surface area contributed by atoms with Crippen LogP contribution < -0.4 is 10.6 Å². The highest BCUT2D eigenvalue weighted by Gasteiger charge is 2.10. The molecule has 1 aliphatic heterocycles. The molecule has 0 unspecified atom stereocenters. The first-order valence-corrected chi connectivity index (χ1v) is 5.19. The van der Waals surface area contributed by atoms with Crippen LogP contribution in [0.1, 0.15) is 25.7 Å². The van der Waals surface area contributed by atoms with Crippen LogP contribution in [0.4, 0.5) is 11.6 Å². The molecule has 76 valence electrons. The molecule has 0 spiro atoms. The van der Waals surface area contributed by atoms with Crippen LogP contribution in [0, 0.1) is 0 Å². The van der Waals surface area contributed by atoms with Crippen molar-refractivity contribution in [2.45, 2.75) is 25.7 Å². The van der Waals surface area contributed by atoms with E-state index in [9.17, 15) is 0 Å². The van der Waals surface area contributed by atoms with Gasteiger partial charge in [0.1, 0.15) is 11.6 Å². The fraction of sp³-hybridized carbons (Fsp3) is 0.600. The fourth-order valence-electron chi connectivity index (χ4n) is 1.79. The van der Waals surface area contributed by atoms with Gasteiger partial charge in [0, 0.05) is 13.1 Å². The summed E-state index contributed by atoms with van der Waals surface area (Å²) in [6.07, 6.45) is 8.57. The summed E-state index contributed by atoms with van der Waals surface area (Å²) in [5.41, 5.74) is 5.49. The van der Waals surface area contributed by atoms with Crippen molar-refractivity contribution in [1.29, 1.82) is 0 Å². The van der Waals surface area contributed by atoms with Crippen LogP contribution in [-0.2, 0) is 0 Å². The standard InChI is InChI=1S/C10H16N4/c11-9-7-13-10(8-12-9)14-5-3-1-2-4-6-14/h7-8H,1-6H2,(H2,11,12). The summed E-state index contributed by atoms with van der Waals surface area (Å²) in [7, 11) is 0. The van der Waals surface area contributed by atoms with Crippen LogP contribution in [-0.4, -0.2) is 23.1 Å². The molecule has 1 fully saturated rings. The fourth-order valence-corrected chi connectivity index (χ4v) is 1.79. The van der Waals surface area contributed by atoms with Gasteiger partial charge in [0.15, 0.2) is 0 Å². The largest absolute Gasteiger partial charge is 0.382 e. The van der Waals surface area contributed by atoms with Gasteiger partial charge in [-0.05, 0) is 12.8 Å². The van der Waals surface area contributed by atoms with Crippen molar-refractivity contribution >= 4 is 11.6 Å². The van der Waals surface area contributed by atoms with E-state index in [2.05, 4.69) is 14.9 Å². The maximum absolute atomic E-state index is 5.49. The minimum absolute atomic E-state index is 0.489. The van der Waals surface area contributed by atoms with Crippen LogP contribution in [0.15, 0.2) is 12.4 Å². The van der Waals surface area contributed by atoms with Gasteiger partial charge in [0.25, 0.3) is 0 Å². The maximum atomic E-state index is 5.49. The molecule has 0 aromatic carbocycles. The Labute approximate surface area is 84.2 Å². The van der Waals surface area contributed by atoms with Crippen LogP contribution in [0.2, 0.25) is 0 Å². The summed E-state index contributed by atoms with van der Waals surface area (Å²) >= 11 is 0. The quantitative estimate of drug-likeness (QED) is 0.731. The lowest BCUT2D eigenvalue weighted by Gasteiger charge is -2.20. The Bertz CT molecular complexity index is 275. The van der Waals surface area contributed by atoms with Crippen molar-refractivity contribution in [2.75, 3.05) is 23.7 Å². The first kappa shape index (κ1) is 9.24. The third kappa shape index (κ3) is 2.13. The zero-order chi connectivity index (χ0) is 9.80. The van der Waals surface area contributed by atoms with Gasteiger partial charge < -0.3 is 10.6 Å². The van der Waals surface area contributed by atoms with Crippen molar-refractivity contribution in [3.05, 3.63) is 12.4 Å². The molecule has 0 aliphatic carbocycles. The van der Waals surface area contributed by atoms with E-state index < -0.39 is 0 Å². The van der Waals surface area contributed by atoms with E-state index in [1.165, 1.54) is 25.7 Å². The number of anilines is 2. The zero-order valence-corrected chi connectivity index (χ0v) is 8.32. The zero-order valence-electron chi connectivity index (χ0n) is 8.32. The Hall–Kier alpha value is -1.32. The predicted molar refractivity (Wildman–Crippen MR) is 57.1 cm³/mol. The summed E-state index contributed by atoms with van der Waals surface area (Å²) in [5.74, 6) is 1.45. The number of nitrogen functional groups attached to an aromatic ring is 1. The van der Waals surface area contributed by atoms with E-state index in [0.717, 1.165) is 18.9 Å². The van der Waals surface area contributed by atoms with Gasteiger partial charge in [-0.15, -0.1) is 0 Å². The Morgan fingerprint density at radius 3 is 2.29 bits per heavy atom. The minimum atomic E-state index is 0.489. The average Bonchev–Trinajstić information content (AvgIpc) is 2.47. The summed E-state index contributed by atoms with van der Waals surface area (Å²) in [6, 6.07) is 0. The maximum Gasteiger partial charge on any atom is 0.147 e. The van der Waals surface area contributed by atoms with Crippen molar-refractivity contribution in [2.24, 2.45) is 0 Å². The number of rotatable bonds is 1. The Morgan fingerprint density at radius 2 is 1.71 bits per heavy atom. The highest BCUT2D eigenvalue weighted by atomic mass is 15.2. The molecule has 1 aliphatic rings. The monoisotopic (exact) mass is 192 g/mol. The Kier molecular flexibility index (Phi) is 2.81. The van der Waals surface area contributed by atoms with Crippen molar-refractivity contribution < 1.29 is 0 Å². The number of nitrogens with two attached hydrogens (primary N) is 1. The normalized spacial score (nSPS) is 17.9. The van der Waals surface area contributed by atoms with Crippen LogP contribution in [0.5, 0.6) is 0 Å². The second-order valence-corrected chi connectivity index (χ2v) is 3.70. The molecule has 0 radical (unpaired) electrons. The van der Waals surface area contributed by atoms with Gasteiger partial charge in [0.2, 0.25) is 0 Å². The Balaban J connectivity index is 2.08. The second-order valence-electron chi connectivity index (χ2n) is 3.70. The molecular weight excluding hydrogens is 176 g/mol. The number of hydrogen-bond donors (Lipinski definition) is 1. The van der Waals surface area contributed by atoms with Crippen LogP contribution >= 0.6 is 0 Å². The van der Waals surface area contributed by atoms with E-state index in [1.54, 1.807) is 12.4 Å². The second kappa shape index (κ2) is 4.26. The molecule has 2 rings (SSSR count). The van der Waals surface area contributed by atoms with Crippen LogP contribution in [0.3, 0.4) is 0 Å². The molecule has 2 N–H and O–H groups in total. The van der Waals surface area contributed by atoms with E-state index in [-0.39, 0.29) is 0 Å². The highest BCUT2D eigenvalue weighted by Crippen LogP contribution is 2.16. The SMILES string of the molecule is Nc1cnc(N2CCCCCC2)cn1. The van der Waals surface area contributed by atoms with Gasteiger partial charge in [-0.2, -0.15) is 0 Å². The molecule has 0 saturated carbocycles. The highest BCUT2D eigenvalue weighted by molar-refractivity contribution is 5.39. The topological polar surface area (TPSA) is 55.0 Å². The molecule has 0 atom stereocenters. The molecule has 1 saturated heterocycles. The third-order valence-electron chi connectivity index (χ3n) is 2.59. The number of hydrogen-bond acceptors (Lipinski definition) is 4. The number of nitrogens with zero attached hydrogens (tertiary/aromatic N) is 3. The van der Waals surface area contributed by atoms with Gasteiger partial charge in [-0.3, -0.25) is 0 Å². The first-order valence-electron chi connectivity index (χ1n) is 5.19. The van der Waals surface area contributed by atoms with Crippen molar-refractivity contribution in [3.8, 4) is 0 Å². The smallest absolute Gasteiger partial charge is 0.147 e. The van der Waals surface area contributed by atoms with Gasteiger partial charge in [0.05, 0.1) is 12.4 Å².